The fraction of sp³-hybridized carbons (Fsp3) is 0.500. The third-order valence-electron chi connectivity index (χ3n) is 4.37. The summed E-state index contributed by atoms with van der Waals surface area (Å²) in [5.74, 6) is 3.00. The van der Waals surface area contributed by atoms with Crippen LogP contribution in [0.2, 0.25) is 0 Å². The summed E-state index contributed by atoms with van der Waals surface area (Å²) in [6, 6.07) is 5.92. The molecular formula is C16H22N4. The van der Waals surface area contributed by atoms with Crippen molar-refractivity contribution >= 4 is 0 Å². The lowest BCUT2D eigenvalue weighted by Gasteiger charge is -2.10. The molecule has 2 aromatic heterocycles. The maximum absolute atomic E-state index is 5.80. The van der Waals surface area contributed by atoms with Gasteiger partial charge in [0.2, 0.25) is 0 Å². The SMILES string of the molecule is CCC(CN)CC1CC1c1cn(-c2ccccn2)cn1. The quantitative estimate of drug-likeness (QED) is 0.878. The van der Waals surface area contributed by atoms with Crippen molar-refractivity contribution in [2.45, 2.75) is 32.1 Å². The lowest BCUT2D eigenvalue weighted by atomic mass is 9.98. The van der Waals surface area contributed by atoms with Crippen molar-refractivity contribution in [3.63, 3.8) is 0 Å². The van der Waals surface area contributed by atoms with Gasteiger partial charge in [0.25, 0.3) is 0 Å². The molecule has 1 saturated carbocycles. The molecule has 0 aliphatic heterocycles. The molecule has 0 amide bonds. The number of hydrogen-bond donors (Lipinski definition) is 1. The molecule has 1 fully saturated rings. The molecule has 3 atom stereocenters. The Morgan fingerprint density at radius 3 is 3.00 bits per heavy atom. The highest BCUT2D eigenvalue weighted by Gasteiger charge is 2.40. The molecule has 2 N–H and O–H groups in total. The number of hydrogen-bond acceptors (Lipinski definition) is 3. The minimum atomic E-state index is 0.626. The first-order valence-corrected chi connectivity index (χ1v) is 7.47. The van der Waals surface area contributed by atoms with E-state index in [1.807, 2.05) is 35.3 Å². The molecule has 2 aromatic rings. The minimum Gasteiger partial charge on any atom is -0.330 e. The van der Waals surface area contributed by atoms with Gasteiger partial charge in [0.1, 0.15) is 12.1 Å². The zero-order valence-electron chi connectivity index (χ0n) is 11.9. The van der Waals surface area contributed by atoms with Crippen LogP contribution in [0.15, 0.2) is 36.9 Å². The monoisotopic (exact) mass is 270 g/mol. The van der Waals surface area contributed by atoms with E-state index in [1.54, 1.807) is 0 Å². The van der Waals surface area contributed by atoms with E-state index in [0.29, 0.717) is 11.8 Å². The van der Waals surface area contributed by atoms with Crippen LogP contribution in [0.1, 0.15) is 37.8 Å². The van der Waals surface area contributed by atoms with Crippen LogP contribution in [0.3, 0.4) is 0 Å². The van der Waals surface area contributed by atoms with E-state index >= 15 is 0 Å². The summed E-state index contributed by atoms with van der Waals surface area (Å²) in [4.78, 5) is 8.90. The highest BCUT2D eigenvalue weighted by molar-refractivity contribution is 5.25. The third kappa shape index (κ3) is 2.75. The van der Waals surface area contributed by atoms with Crippen molar-refractivity contribution < 1.29 is 0 Å². The van der Waals surface area contributed by atoms with Gasteiger partial charge in [-0.2, -0.15) is 0 Å². The van der Waals surface area contributed by atoms with Crippen LogP contribution in [-0.4, -0.2) is 21.1 Å². The Morgan fingerprint density at radius 1 is 1.40 bits per heavy atom. The molecule has 1 aliphatic rings. The highest BCUT2D eigenvalue weighted by atomic mass is 15.1. The van der Waals surface area contributed by atoms with Gasteiger partial charge in [0.05, 0.1) is 5.69 Å². The van der Waals surface area contributed by atoms with E-state index in [9.17, 15) is 0 Å². The van der Waals surface area contributed by atoms with Crippen LogP contribution < -0.4 is 5.73 Å². The van der Waals surface area contributed by atoms with Gasteiger partial charge in [-0.3, -0.25) is 4.57 Å². The topological polar surface area (TPSA) is 56.7 Å². The summed E-state index contributed by atoms with van der Waals surface area (Å²) in [6.45, 7) is 3.03. The van der Waals surface area contributed by atoms with Gasteiger partial charge in [-0.1, -0.05) is 19.4 Å². The van der Waals surface area contributed by atoms with Gasteiger partial charge in [-0.05, 0) is 43.4 Å². The Labute approximate surface area is 120 Å². The van der Waals surface area contributed by atoms with Crippen LogP contribution in [-0.2, 0) is 0 Å². The molecule has 3 rings (SSSR count). The predicted molar refractivity (Wildman–Crippen MR) is 79.7 cm³/mol. The normalized spacial score (nSPS) is 22.7. The Bertz CT molecular complexity index is 545. The third-order valence-corrected chi connectivity index (χ3v) is 4.37. The van der Waals surface area contributed by atoms with Crippen LogP contribution in [0.5, 0.6) is 0 Å². The van der Waals surface area contributed by atoms with E-state index in [4.69, 9.17) is 5.73 Å². The molecule has 4 heteroatoms. The van der Waals surface area contributed by atoms with Crippen molar-refractivity contribution in [2.24, 2.45) is 17.6 Å². The number of nitrogens with two attached hydrogens (primary N) is 1. The van der Waals surface area contributed by atoms with Gasteiger partial charge >= 0.3 is 0 Å². The van der Waals surface area contributed by atoms with Gasteiger partial charge in [-0.15, -0.1) is 0 Å². The molecule has 0 aromatic carbocycles. The molecule has 0 bridgehead atoms. The smallest absolute Gasteiger partial charge is 0.137 e. The van der Waals surface area contributed by atoms with E-state index in [0.717, 1.165) is 18.3 Å². The number of nitrogens with zero attached hydrogens (tertiary/aromatic N) is 3. The zero-order chi connectivity index (χ0) is 13.9. The molecule has 3 unspecified atom stereocenters. The maximum Gasteiger partial charge on any atom is 0.137 e. The van der Waals surface area contributed by atoms with E-state index in [2.05, 4.69) is 23.1 Å². The van der Waals surface area contributed by atoms with Crippen LogP contribution >= 0.6 is 0 Å². The first-order chi connectivity index (χ1) is 9.81. The van der Waals surface area contributed by atoms with Crippen molar-refractivity contribution in [2.75, 3.05) is 6.54 Å². The van der Waals surface area contributed by atoms with E-state index in [1.165, 1.54) is 25.0 Å². The van der Waals surface area contributed by atoms with Crippen molar-refractivity contribution in [1.82, 2.24) is 14.5 Å². The summed E-state index contributed by atoms with van der Waals surface area (Å²) in [6.07, 6.45) is 9.48. The second-order valence-corrected chi connectivity index (χ2v) is 5.74. The summed E-state index contributed by atoms with van der Waals surface area (Å²) in [7, 11) is 0. The minimum absolute atomic E-state index is 0.626. The van der Waals surface area contributed by atoms with Crippen LogP contribution in [0.4, 0.5) is 0 Å². The highest BCUT2D eigenvalue weighted by Crippen LogP contribution is 2.50. The zero-order valence-corrected chi connectivity index (χ0v) is 11.9. The first-order valence-electron chi connectivity index (χ1n) is 7.47. The van der Waals surface area contributed by atoms with Crippen LogP contribution in [0.25, 0.3) is 5.82 Å². The lowest BCUT2D eigenvalue weighted by Crippen LogP contribution is -2.14. The standard InChI is InChI=1S/C16H22N4/c1-2-12(9-17)7-13-8-14(13)15-10-20(11-19-15)16-5-3-4-6-18-16/h3-6,10-14H,2,7-9,17H2,1H3. The Morgan fingerprint density at radius 2 is 2.30 bits per heavy atom. The number of imidazole rings is 1. The fourth-order valence-corrected chi connectivity index (χ4v) is 2.89. The van der Waals surface area contributed by atoms with Crippen molar-refractivity contribution in [1.29, 1.82) is 0 Å². The van der Waals surface area contributed by atoms with Crippen LogP contribution in [0, 0.1) is 11.8 Å². The fourth-order valence-electron chi connectivity index (χ4n) is 2.89. The predicted octanol–water partition coefficient (Wildman–Crippen LogP) is 2.75. The molecule has 0 saturated heterocycles. The van der Waals surface area contributed by atoms with Gasteiger partial charge in [-0.25, -0.2) is 9.97 Å². The Kier molecular flexibility index (Phi) is 3.83. The number of rotatable bonds is 6. The van der Waals surface area contributed by atoms with E-state index in [-0.39, 0.29) is 0 Å². The summed E-state index contributed by atoms with van der Waals surface area (Å²) in [5.41, 5.74) is 7.00. The molecule has 0 radical (unpaired) electrons. The van der Waals surface area contributed by atoms with Crippen molar-refractivity contribution in [3.05, 3.63) is 42.6 Å². The molecule has 2 heterocycles. The molecule has 20 heavy (non-hydrogen) atoms. The average molecular weight is 270 g/mol. The Balaban J connectivity index is 1.65. The average Bonchev–Trinajstić information content (AvgIpc) is 3.09. The molecule has 4 nitrogen and oxygen atoms in total. The van der Waals surface area contributed by atoms with Gasteiger partial charge in [0, 0.05) is 18.3 Å². The summed E-state index contributed by atoms with van der Waals surface area (Å²) >= 11 is 0. The Hall–Kier alpha value is -1.68. The molecule has 0 spiro atoms. The number of aromatic nitrogens is 3. The van der Waals surface area contributed by atoms with Gasteiger partial charge < -0.3 is 5.73 Å². The van der Waals surface area contributed by atoms with E-state index < -0.39 is 0 Å². The second kappa shape index (κ2) is 5.75. The largest absolute Gasteiger partial charge is 0.330 e. The van der Waals surface area contributed by atoms with Crippen molar-refractivity contribution in [3.8, 4) is 5.82 Å². The first kappa shape index (κ1) is 13.3. The van der Waals surface area contributed by atoms with Gasteiger partial charge in [0.15, 0.2) is 0 Å². The number of pyridine rings is 1. The summed E-state index contributed by atoms with van der Waals surface area (Å²) < 4.78 is 2.00. The second-order valence-electron chi connectivity index (χ2n) is 5.74. The maximum atomic E-state index is 5.80. The summed E-state index contributed by atoms with van der Waals surface area (Å²) in [5, 5.41) is 0. The molecule has 1 aliphatic carbocycles. The molecular weight excluding hydrogens is 248 g/mol. The lowest BCUT2D eigenvalue weighted by molar-refractivity contribution is 0.447. The molecule has 106 valence electrons.